The van der Waals surface area contributed by atoms with E-state index in [2.05, 4.69) is 17.0 Å². The Morgan fingerprint density at radius 1 is 1.09 bits per heavy atom. The van der Waals surface area contributed by atoms with Gasteiger partial charge in [-0.3, -0.25) is 24.6 Å². The molecule has 3 heterocycles. The molecule has 2 fully saturated rings. The average molecular weight is 453 g/mol. The van der Waals surface area contributed by atoms with E-state index >= 15 is 0 Å². The van der Waals surface area contributed by atoms with E-state index in [4.69, 9.17) is 13.6 Å². The van der Waals surface area contributed by atoms with E-state index in [-0.39, 0.29) is 13.2 Å². The molecule has 2 aromatic carbocycles. The van der Waals surface area contributed by atoms with Crippen LogP contribution < -0.4 is 10.1 Å². The lowest BCUT2D eigenvalue weighted by atomic mass is 10.0. The molecule has 3 aliphatic heterocycles. The maximum absolute atomic E-state index is 13.1. The highest BCUT2D eigenvalue weighted by Crippen LogP contribution is 2.34. The zero-order valence-electron chi connectivity index (χ0n) is 21.1. The lowest BCUT2D eigenvalue weighted by Crippen LogP contribution is -2.52. The lowest BCUT2D eigenvalue weighted by Gasteiger charge is -2.29. The first-order valence-corrected chi connectivity index (χ1v) is 11.0. The SMILES string of the molecule is [2H]C1([2H])CC([2H])(N2Cc3c(OCc4ccc(CN5CCOCC5)cc4)cccc3C2=O)C(=O)NC1=O. The van der Waals surface area contributed by atoms with Crippen molar-refractivity contribution in [1.82, 2.24) is 15.1 Å². The Balaban J connectivity index is 1.28. The molecule has 3 aliphatic rings. The van der Waals surface area contributed by atoms with Crippen molar-refractivity contribution in [2.24, 2.45) is 0 Å². The van der Waals surface area contributed by atoms with Crippen molar-refractivity contribution in [3.63, 3.8) is 0 Å². The van der Waals surface area contributed by atoms with Crippen molar-refractivity contribution >= 4 is 17.7 Å². The van der Waals surface area contributed by atoms with Crippen LogP contribution in [-0.2, 0) is 34.0 Å². The number of fused-ring (bicyclic) bond motifs is 1. The molecule has 0 bridgehead atoms. The van der Waals surface area contributed by atoms with E-state index < -0.39 is 36.5 Å². The van der Waals surface area contributed by atoms with Crippen LogP contribution in [0.3, 0.4) is 0 Å². The third-order valence-electron chi connectivity index (χ3n) is 6.08. The summed E-state index contributed by atoms with van der Waals surface area (Å²) in [5.41, 5.74) is 2.98. The number of imide groups is 1. The van der Waals surface area contributed by atoms with Gasteiger partial charge in [-0.25, -0.2) is 0 Å². The number of ether oxygens (including phenoxy) is 2. The van der Waals surface area contributed by atoms with Crippen LogP contribution in [0.25, 0.3) is 0 Å². The van der Waals surface area contributed by atoms with Crippen molar-refractivity contribution in [3.05, 3.63) is 64.7 Å². The zero-order valence-corrected chi connectivity index (χ0v) is 18.1. The number of nitrogens with zero attached hydrogens (tertiary/aromatic N) is 2. The third-order valence-corrected chi connectivity index (χ3v) is 6.08. The molecule has 0 aromatic heterocycles. The zero-order chi connectivity index (χ0) is 25.5. The van der Waals surface area contributed by atoms with Crippen LogP contribution in [0.2, 0.25) is 0 Å². The number of rotatable bonds is 6. The van der Waals surface area contributed by atoms with Crippen LogP contribution in [0.1, 0.15) is 44.0 Å². The van der Waals surface area contributed by atoms with Gasteiger partial charge in [0.25, 0.3) is 5.91 Å². The van der Waals surface area contributed by atoms with Crippen molar-refractivity contribution in [2.75, 3.05) is 26.3 Å². The molecule has 0 radical (unpaired) electrons. The summed E-state index contributed by atoms with van der Waals surface area (Å²) in [6, 6.07) is 10.9. The molecular weight excluding hydrogens is 422 g/mol. The highest BCUT2D eigenvalue weighted by Gasteiger charge is 2.40. The molecule has 1 N–H and O–H groups in total. The molecule has 172 valence electrons. The molecular formula is C25H27N3O5. The van der Waals surface area contributed by atoms with Gasteiger partial charge >= 0.3 is 0 Å². The van der Waals surface area contributed by atoms with E-state index in [1.54, 1.807) is 18.2 Å². The van der Waals surface area contributed by atoms with Gasteiger partial charge in [-0.1, -0.05) is 30.3 Å². The summed E-state index contributed by atoms with van der Waals surface area (Å²) in [6.07, 6.45) is -3.19. The van der Waals surface area contributed by atoms with Gasteiger partial charge in [0.15, 0.2) is 0 Å². The van der Waals surface area contributed by atoms with Gasteiger partial charge in [0.05, 0.1) is 21.1 Å². The van der Waals surface area contributed by atoms with Crippen LogP contribution in [-0.4, -0.2) is 59.8 Å². The normalized spacial score (nSPS) is 26.2. The fourth-order valence-corrected chi connectivity index (χ4v) is 4.26. The van der Waals surface area contributed by atoms with Crippen molar-refractivity contribution < 1.29 is 28.0 Å². The number of carbonyl (C=O) groups excluding carboxylic acids is 3. The Morgan fingerprint density at radius 2 is 1.85 bits per heavy atom. The maximum atomic E-state index is 13.1. The van der Waals surface area contributed by atoms with Gasteiger partial charge in [-0.2, -0.15) is 0 Å². The third kappa shape index (κ3) is 4.62. The van der Waals surface area contributed by atoms with Crippen LogP contribution in [0.15, 0.2) is 42.5 Å². The number of carbonyl (C=O) groups is 3. The predicted molar refractivity (Wildman–Crippen MR) is 119 cm³/mol. The molecule has 8 heteroatoms. The summed E-state index contributed by atoms with van der Waals surface area (Å²) < 4.78 is 35.8. The summed E-state index contributed by atoms with van der Waals surface area (Å²) in [6.45, 7) is 4.38. The van der Waals surface area contributed by atoms with Gasteiger partial charge < -0.3 is 14.4 Å². The Morgan fingerprint density at radius 3 is 2.64 bits per heavy atom. The minimum absolute atomic E-state index is 0.0932. The lowest BCUT2D eigenvalue weighted by molar-refractivity contribution is -0.136. The highest BCUT2D eigenvalue weighted by molar-refractivity contribution is 6.05. The summed E-state index contributed by atoms with van der Waals surface area (Å²) >= 11 is 0. The first-order chi connectivity index (χ1) is 17.2. The van der Waals surface area contributed by atoms with Crippen molar-refractivity contribution in [3.8, 4) is 5.75 Å². The van der Waals surface area contributed by atoms with Gasteiger partial charge in [-0.15, -0.1) is 0 Å². The van der Waals surface area contributed by atoms with E-state index in [0.717, 1.165) is 43.3 Å². The Labute approximate surface area is 196 Å². The monoisotopic (exact) mass is 452 g/mol. The van der Waals surface area contributed by atoms with Crippen LogP contribution >= 0.6 is 0 Å². The van der Waals surface area contributed by atoms with Crippen LogP contribution in [0, 0.1) is 0 Å². The number of hydrogen-bond acceptors (Lipinski definition) is 6. The molecule has 5 rings (SSSR count). The number of piperidine rings is 1. The van der Waals surface area contributed by atoms with Gasteiger partial charge in [0.2, 0.25) is 11.8 Å². The van der Waals surface area contributed by atoms with Gasteiger partial charge in [-0.05, 0) is 29.7 Å². The summed E-state index contributed by atoms with van der Waals surface area (Å²) in [4.78, 5) is 40.8. The van der Waals surface area contributed by atoms with Crippen molar-refractivity contribution in [1.29, 1.82) is 0 Å². The van der Waals surface area contributed by atoms with Gasteiger partial charge in [0.1, 0.15) is 18.4 Å². The first-order valence-electron chi connectivity index (χ1n) is 12.5. The number of hydrogen-bond donors (Lipinski definition) is 1. The molecule has 0 spiro atoms. The van der Waals surface area contributed by atoms with Crippen molar-refractivity contribution in [2.45, 2.75) is 38.5 Å². The van der Waals surface area contributed by atoms with Gasteiger partial charge in [0, 0.05) is 39.9 Å². The fraction of sp³-hybridized carbons (Fsp3) is 0.400. The topological polar surface area (TPSA) is 88.2 Å². The number of morpholine rings is 1. The molecule has 1 atom stereocenters. The molecule has 2 saturated heterocycles. The molecule has 8 nitrogen and oxygen atoms in total. The quantitative estimate of drug-likeness (QED) is 0.674. The van der Waals surface area contributed by atoms with E-state index in [9.17, 15) is 14.4 Å². The van der Waals surface area contributed by atoms with Crippen LogP contribution in [0.5, 0.6) is 5.75 Å². The van der Waals surface area contributed by atoms with Crippen LogP contribution in [0.4, 0.5) is 0 Å². The largest absolute Gasteiger partial charge is 0.489 e. The first kappa shape index (κ1) is 18.2. The fourth-order valence-electron chi connectivity index (χ4n) is 4.26. The Kier molecular flexibility index (Phi) is 5.15. The summed E-state index contributed by atoms with van der Waals surface area (Å²) in [5, 5.41) is 1.90. The Bertz CT molecular complexity index is 1200. The van der Waals surface area contributed by atoms with E-state index in [0.29, 0.717) is 16.9 Å². The minimum atomic E-state index is -2.45. The molecule has 0 saturated carbocycles. The molecule has 3 amide bonds. The molecule has 33 heavy (non-hydrogen) atoms. The second-order valence-electron chi connectivity index (χ2n) is 8.25. The maximum Gasteiger partial charge on any atom is 0.255 e. The summed E-state index contributed by atoms with van der Waals surface area (Å²) in [7, 11) is 0. The number of benzene rings is 2. The number of nitrogens with one attached hydrogen (secondary N) is 1. The number of amides is 3. The molecule has 2 aromatic rings. The second kappa shape index (κ2) is 9.33. The van der Waals surface area contributed by atoms with E-state index in [1.165, 1.54) is 5.56 Å². The highest BCUT2D eigenvalue weighted by atomic mass is 16.5. The molecule has 0 aliphatic carbocycles. The average Bonchev–Trinajstić information content (AvgIpc) is 3.21. The predicted octanol–water partition coefficient (Wildman–Crippen LogP) is 1.86. The summed E-state index contributed by atoms with van der Waals surface area (Å²) in [5.74, 6) is -2.22. The standard InChI is InChI=1S/C25H27N3O5/c29-23-9-8-21(24(30)26-23)28-15-20-19(25(28)31)2-1-3-22(20)33-16-18-6-4-17(5-7-18)14-27-10-12-32-13-11-27/h1-7,21H,8-16H2,(H,26,29,30)/i9D2,21D. The van der Waals surface area contributed by atoms with E-state index in [1.807, 2.05) is 17.4 Å². The second-order valence-corrected chi connectivity index (χ2v) is 8.25. The molecule has 1 unspecified atom stereocenters. The smallest absolute Gasteiger partial charge is 0.255 e. The Hall–Kier alpha value is -3.23. The minimum Gasteiger partial charge on any atom is -0.489 e.